The van der Waals surface area contributed by atoms with Crippen molar-refractivity contribution in [1.82, 2.24) is 15.0 Å². The molecule has 5 heteroatoms. The Morgan fingerprint density at radius 2 is 0.863 bits per heavy atom. The first-order valence-electron chi connectivity index (χ1n) is 16.7. The molecule has 0 saturated heterocycles. The standard InChI is InChI=1S/C46H28N4S/c47-29-30-15-17-31(18-16-30)32-19-21-33(22-20-32)38-27-28-41-43(39-13-7-8-14-40(39)51-41)42(38)34-23-25-37(26-24-34)46-49-44(35-9-3-1-4-10-35)48-45(50-46)36-11-5-2-6-12-36/h1-28H. The second-order valence-electron chi connectivity index (χ2n) is 12.3. The predicted molar refractivity (Wildman–Crippen MR) is 210 cm³/mol. The van der Waals surface area contributed by atoms with Gasteiger partial charge < -0.3 is 0 Å². The number of fused-ring (bicyclic) bond motifs is 3. The molecule has 2 aromatic heterocycles. The number of benzene rings is 7. The largest absolute Gasteiger partial charge is 0.208 e. The first-order chi connectivity index (χ1) is 25.2. The fourth-order valence-corrected chi connectivity index (χ4v) is 7.77. The van der Waals surface area contributed by atoms with E-state index in [1.165, 1.54) is 31.3 Å². The Balaban J connectivity index is 1.17. The van der Waals surface area contributed by atoms with E-state index in [0.29, 0.717) is 23.0 Å². The Labute approximate surface area is 299 Å². The Morgan fingerprint density at radius 3 is 1.45 bits per heavy atom. The van der Waals surface area contributed by atoms with E-state index in [4.69, 9.17) is 15.0 Å². The molecule has 0 fully saturated rings. The van der Waals surface area contributed by atoms with Crippen LogP contribution in [0.4, 0.5) is 0 Å². The summed E-state index contributed by atoms with van der Waals surface area (Å²) in [5.41, 5.74) is 10.3. The molecular formula is C46H28N4S. The van der Waals surface area contributed by atoms with Crippen molar-refractivity contribution < 1.29 is 0 Å². The quantitative estimate of drug-likeness (QED) is 0.177. The van der Waals surface area contributed by atoms with Gasteiger partial charge in [0.1, 0.15) is 0 Å². The highest BCUT2D eigenvalue weighted by molar-refractivity contribution is 7.26. The molecule has 2 heterocycles. The first kappa shape index (κ1) is 30.3. The molecule has 51 heavy (non-hydrogen) atoms. The van der Waals surface area contributed by atoms with Gasteiger partial charge in [-0.3, -0.25) is 0 Å². The highest BCUT2D eigenvalue weighted by Gasteiger charge is 2.18. The third-order valence-corrected chi connectivity index (χ3v) is 10.4. The van der Waals surface area contributed by atoms with Crippen LogP contribution in [0.1, 0.15) is 5.56 Å². The molecule has 4 nitrogen and oxygen atoms in total. The number of nitriles is 1. The molecule has 0 saturated carbocycles. The normalized spacial score (nSPS) is 11.1. The van der Waals surface area contributed by atoms with E-state index in [9.17, 15) is 5.26 Å². The number of rotatable bonds is 6. The summed E-state index contributed by atoms with van der Waals surface area (Å²) in [6.07, 6.45) is 0. The van der Waals surface area contributed by atoms with Crippen molar-refractivity contribution >= 4 is 31.5 Å². The molecule has 9 aromatic rings. The average Bonchev–Trinajstić information content (AvgIpc) is 3.60. The van der Waals surface area contributed by atoms with Gasteiger partial charge >= 0.3 is 0 Å². The Hall–Kier alpha value is -6.74. The summed E-state index contributed by atoms with van der Waals surface area (Å²) in [5.74, 6) is 1.92. The summed E-state index contributed by atoms with van der Waals surface area (Å²) in [7, 11) is 0. The van der Waals surface area contributed by atoms with Gasteiger partial charge in [0.15, 0.2) is 17.5 Å². The average molecular weight is 669 g/mol. The predicted octanol–water partition coefficient (Wildman–Crippen LogP) is 12.1. The lowest BCUT2D eigenvalue weighted by Crippen LogP contribution is -2.00. The van der Waals surface area contributed by atoms with E-state index >= 15 is 0 Å². The van der Waals surface area contributed by atoms with E-state index in [1.54, 1.807) is 0 Å². The van der Waals surface area contributed by atoms with E-state index in [2.05, 4.69) is 91.0 Å². The number of hydrogen-bond acceptors (Lipinski definition) is 5. The number of aromatic nitrogens is 3. The fraction of sp³-hybridized carbons (Fsp3) is 0. The van der Waals surface area contributed by atoms with Crippen molar-refractivity contribution in [2.24, 2.45) is 0 Å². The van der Waals surface area contributed by atoms with Crippen LogP contribution in [0.15, 0.2) is 170 Å². The lowest BCUT2D eigenvalue weighted by atomic mass is 9.89. The Bertz CT molecular complexity index is 2650. The third-order valence-electron chi connectivity index (χ3n) is 9.22. The molecule has 238 valence electrons. The zero-order valence-electron chi connectivity index (χ0n) is 27.4. The summed E-state index contributed by atoms with van der Waals surface area (Å²) in [6.45, 7) is 0. The molecule has 0 atom stereocenters. The van der Waals surface area contributed by atoms with Crippen LogP contribution < -0.4 is 0 Å². The van der Waals surface area contributed by atoms with Crippen LogP contribution in [0.5, 0.6) is 0 Å². The SMILES string of the molecule is N#Cc1ccc(-c2ccc(-c3ccc4sc5ccccc5c4c3-c3ccc(-c4nc(-c5ccccc5)nc(-c5ccccc5)n4)cc3)cc2)cc1. The van der Waals surface area contributed by atoms with E-state index in [0.717, 1.165) is 38.9 Å². The summed E-state index contributed by atoms with van der Waals surface area (Å²) in [4.78, 5) is 14.8. The minimum atomic E-state index is 0.632. The molecular weight excluding hydrogens is 641 g/mol. The molecule has 0 bridgehead atoms. The maximum atomic E-state index is 9.23. The van der Waals surface area contributed by atoms with Crippen LogP contribution >= 0.6 is 11.3 Å². The van der Waals surface area contributed by atoms with Gasteiger partial charge in [-0.25, -0.2) is 15.0 Å². The summed E-state index contributed by atoms with van der Waals surface area (Å²) in [6, 6.07) is 60.6. The van der Waals surface area contributed by atoms with Crippen molar-refractivity contribution in [3.8, 4) is 73.6 Å². The minimum Gasteiger partial charge on any atom is -0.208 e. The molecule has 0 aliphatic rings. The maximum absolute atomic E-state index is 9.23. The molecule has 0 aliphatic heterocycles. The van der Waals surface area contributed by atoms with E-state index < -0.39 is 0 Å². The van der Waals surface area contributed by atoms with E-state index in [-0.39, 0.29) is 0 Å². The Morgan fingerprint density at radius 1 is 0.392 bits per heavy atom. The second kappa shape index (κ2) is 12.9. The summed E-state index contributed by atoms with van der Waals surface area (Å²) >= 11 is 1.83. The summed E-state index contributed by atoms with van der Waals surface area (Å²) < 4.78 is 2.52. The topological polar surface area (TPSA) is 62.5 Å². The van der Waals surface area contributed by atoms with Crippen molar-refractivity contribution in [2.45, 2.75) is 0 Å². The number of thiophene rings is 1. The minimum absolute atomic E-state index is 0.632. The van der Waals surface area contributed by atoms with Gasteiger partial charge in [-0.2, -0.15) is 5.26 Å². The molecule has 7 aromatic carbocycles. The van der Waals surface area contributed by atoms with Crippen LogP contribution in [-0.2, 0) is 0 Å². The highest BCUT2D eigenvalue weighted by atomic mass is 32.1. The van der Waals surface area contributed by atoms with Crippen LogP contribution in [0.2, 0.25) is 0 Å². The molecule has 0 unspecified atom stereocenters. The van der Waals surface area contributed by atoms with Crippen molar-refractivity contribution in [3.05, 3.63) is 175 Å². The van der Waals surface area contributed by atoms with Gasteiger partial charge in [0.25, 0.3) is 0 Å². The van der Waals surface area contributed by atoms with Crippen LogP contribution in [0.3, 0.4) is 0 Å². The van der Waals surface area contributed by atoms with Crippen molar-refractivity contribution in [3.63, 3.8) is 0 Å². The number of nitrogens with zero attached hydrogens (tertiary/aromatic N) is 4. The molecule has 9 rings (SSSR count). The number of hydrogen-bond donors (Lipinski definition) is 0. The lowest BCUT2D eigenvalue weighted by molar-refractivity contribution is 1.07. The van der Waals surface area contributed by atoms with Gasteiger partial charge in [0.2, 0.25) is 0 Å². The van der Waals surface area contributed by atoms with E-state index in [1.807, 2.05) is 96.3 Å². The van der Waals surface area contributed by atoms with Gasteiger partial charge in [-0.15, -0.1) is 11.3 Å². The third kappa shape index (κ3) is 5.74. The first-order valence-corrected chi connectivity index (χ1v) is 17.6. The zero-order valence-corrected chi connectivity index (χ0v) is 28.2. The van der Waals surface area contributed by atoms with Gasteiger partial charge in [-0.1, -0.05) is 146 Å². The van der Waals surface area contributed by atoms with Gasteiger partial charge in [0, 0.05) is 36.9 Å². The molecule has 0 aliphatic carbocycles. The molecule has 0 radical (unpaired) electrons. The van der Waals surface area contributed by atoms with Crippen molar-refractivity contribution in [2.75, 3.05) is 0 Å². The Kier molecular flexibility index (Phi) is 7.70. The highest BCUT2D eigenvalue weighted by Crippen LogP contribution is 2.45. The van der Waals surface area contributed by atoms with Gasteiger partial charge in [-0.05, 0) is 57.6 Å². The fourth-order valence-electron chi connectivity index (χ4n) is 6.66. The van der Waals surface area contributed by atoms with Crippen LogP contribution in [0, 0.1) is 11.3 Å². The van der Waals surface area contributed by atoms with Gasteiger partial charge in [0.05, 0.1) is 11.6 Å². The smallest absolute Gasteiger partial charge is 0.164 e. The molecule has 0 spiro atoms. The maximum Gasteiger partial charge on any atom is 0.164 e. The second-order valence-corrected chi connectivity index (χ2v) is 13.4. The van der Waals surface area contributed by atoms with Crippen LogP contribution in [0.25, 0.3) is 87.7 Å². The molecule has 0 N–H and O–H groups in total. The monoisotopic (exact) mass is 668 g/mol. The molecule has 0 amide bonds. The zero-order chi connectivity index (χ0) is 34.1. The summed E-state index contributed by atoms with van der Waals surface area (Å²) in [5, 5.41) is 11.7. The van der Waals surface area contributed by atoms with Crippen LogP contribution in [-0.4, -0.2) is 15.0 Å². The van der Waals surface area contributed by atoms with Crippen molar-refractivity contribution in [1.29, 1.82) is 5.26 Å². The lowest BCUT2D eigenvalue weighted by Gasteiger charge is -2.14.